The van der Waals surface area contributed by atoms with Gasteiger partial charge >= 0.3 is 5.97 Å². The number of aromatic nitrogens is 1. The molecule has 10 heteroatoms. The largest absolute Gasteiger partial charge is 0.481 e. The molecule has 3 rings (SSSR count). The minimum atomic E-state index is -0.762. The van der Waals surface area contributed by atoms with E-state index < -0.39 is 5.97 Å². The number of rotatable bonds is 15. The van der Waals surface area contributed by atoms with Gasteiger partial charge in [-0.05, 0) is 25.8 Å². The maximum Gasteiger partial charge on any atom is 0.303 e. The van der Waals surface area contributed by atoms with E-state index in [-0.39, 0.29) is 24.8 Å². The number of carboxylic acids is 1. The first-order valence-electron chi connectivity index (χ1n) is 13.7. The van der Waals surface area contributed by atoms with Crippen LogP contribution in [0.15, 0.2) is 30.3 Å². The van der Waals surface area contributed by atoms with Crippen molar-refractivity contribution in [2.75, 3.05) is 57.8 Å². The lowest BCUT2D eigenvalue weighted by Crippen LogP contribution is -2.51. The molecule has 0 unspecified atom stereocenters. The third-order valence-corrected chi connectivity index (χ3v) is 7.95. The van der Waals surface area contributed by atoms with Gasteiger partial charge in [-0.1, -0.05) is 67.9 Å². The van der Waals surface area contributed by atoms with E-state index in [1.165, 1.54) is 30.6 Å². The first kappa shape index (κ1) is 29.6. The number of carbonyl (C=O) groups excluding carboxylic acids is 2. The molecule has 0 aliphatic carbocycles. The second-order valence-electron chi connectivity index (χ2n) is 9.78. The van der Waals surface area contributed by atoms with E-state index >= 15 is 0 Å². The van der Waals surface area contributed by atoms with Crippen molar-refractivity contribution in [2.24, 2.45) is 0 Å². The molecule has 0 radical (unpaired) electrons. The lowest BCUT2D eigenvalue weighted by atomic mass is 10.1. The Morgan fingerprint density at radius 3 is 2.45 bits per heavy atom. The van der Waals surface area contributed by atoms with Crippen molar-refractivity contribution in [3.63, 3.8) is 0 Å². The van der Waals surface area contributed by atoms with Crippen LogP contribution in [0.3, 0.4) is 0 Å². The lowest BCUT2D eigenvalue weighted by Gasteiger charge is -2.34. The highest BCUT2D eigenvalue weighted by molar-refractivity contribution is 7.18. The quantitative estimate of drug-likeness (QED) is 0.328. The van der Waals surface area contributed by atoms with E-state index in [2.05, 4.69) is 27.0 Å². The summed E-state index contributed by atoms with van der Waals surface area (Å²) in [6.45, 7) is 6.61. The monoisotopic (exact) mass is 543 g/mol. The van der Waals surface area contributed by atoms with Crippen molar-refractivity contribution in [1.82, 2.24) is 20.1 Å². The second-order valence-corrected chi connectivity index (χ2v) is 10.8. The number of benzene rings is 1. The number of carboxylic acid groups (broad SMARTS) is 1. The zero-order valence-corrected chi connectivity index (χ0v) is 23.5. The van der Waals surface area contributed by atoms with E-state index in [0.717, 1.165) is 55.3 Å². The molecule has 0 saturated carbocycles. The Kier molecular flexibility index (Phi) is 12.0. The molecule has 1 fully saturated rings. The van der Waals surface area contributed by atoms with Crippen LogP contribution in [0.4, 0.5) is 5.00 Å². The molecule has 0 bridgehead atoms. The predicted molar refractivity (Wildman–Crippen MR) is 152 cm³/mol. The van der Waals surface area contributed by atoms with Crippen LogP contribution < -0.4 is 10.2 Å². The van der Waals surface area contributed by atoms with E-state index in [4.69, 9.17) is 5.11 Å². The average molecular weight is 544 g/mol. The fourth-order valence-electron chi connectivity index (χ4n) is 4.51. The number of anilines is 1. The number of aliphatic carboxylic acids is 1. The van der Waals surface area contributed by atoms with E-state index in [1.807, 2.05) is 37.4 Å². The summed E-state index contributed by atoms with van der Waals surface area (Å²) in [5.41, 5.74) is 1.76. The third kappa shape index (κ3) is 9.09. The molecule has 0 spiro atoms. The molecular weight excluding hydrogens is 502 g/mol. The second kappa shape index (κ2) is 15.4. The predicted octanol–water partition coefficient (Wildman–Crippen LogP) is 3.96. The van der Waals surface area contributed by atoms with Crippen molar-refractivity contribution in [3.8, 4) is 11.3 Å². The zero-order valence-electron chi connectivity index (χ0n) is 22.7. The third-order valence-electron chi connectivity index (χ3n) is 6.78. The molecule has 1 aliphatic heterocycles. The van der Waals surface area contributed by atoms with Crippen LogP contribution in [0.2, 0.25) is 0 Å². The average Bonchev–Trinajstić information content (AvgIpc) is 3.38. The number of piperazine rings is 1. The van der Waals surface area contributed by atoms with Crippen molar-refractivity contribution >= 4 is 34.1 Å². The summed E-state index contributed by atoms with van der Waals surface area (Å²) in [5, 5.41) is 12.9. The van der Waals surface area contributed by atoms with Crippen molar-refractivity contribution in [2.45, 2.75) is 51.9 Å². The molecule has 38 heavy (non-hydrogen) atoms. The maximum absolute atomic E-state index is 13.0. The molecule has 1 aromatic carbocycles. The Morgan fingerprint density at radius 1 is 1.03 bits per heavy atom. The topological polar surface area (TPSA) is 106 Å². The Labute approximate surface area is 229 Å². The Hall–Kier alpha value is -2.98. The summed E-state index contributed by atoms with van der Waals surface area (Å²) in [5.74, 6) is -1.19. The van der Waals surface area contributed by atoms with Crippen LogP contribution in [0.5, 0.6) is 0 Å². The lowest BCUT2D eigenvalue weighted by molar-refractivity contribution is -0.137. The van der Waals surface area contributed by atoms with E-state index in [1.54, 1.807) is 4.90 Å². The standard InChI is InChI=1S/C28H41N5O4S/c1-3-4-5-10-15-31(2)28-25(22-12-7-6-8-13-22)30-27(38-28)26(37)29-21-23(34)33-19-17-32(18-20-33)16-11-9-14-24(35)36/h6-8,12-13H,3-5,9-11,14-21H2,1-2H3,(H,29,37)(H,35,36). The molecule has 1 saturated heterocycles. The molecule has 2 heterocycles. The molecular formula is C28H41N5O4S. The summed E-state index contributed by atoms with van der Waals surface area (Å²) in [6, 6.07) is 9.89. The number of carbonyl (C=O) groups is 3. The van der Waals surface area contributed by atoms with E-state index in [0.29, 0.717) is 24.5 Å². The number of thiazole rings is 1. The van der Waals surface area contributed by atoms with Crippen molar-refractivity contribution < 1.29 is 19.5 Å². The highest BCUT2D eigenvalue weighted by Crippen LogP contribution is 2.35. The number of amides is 2. The van der Waals surface area contributed by atoms with Gasteiger partial charge in [0.25, 0.3) is 5.91 Å². The normalized spacial score (nSPS) is 13.9. The number of hydrogen-bond donors (Lipinski definition) is 2. The van der Waals surface area contributed by atoms with Crippen LogP contribution in [-0.2, 0) is 9.59 Å². The number of unbranched alkanes of at least 4 members (excludes halogenated alkanes) is 4. The summed E-state index contributed by atoms with van der Waals surface area (Å²) in [7, 11) is 2.04. The fourth-order valence-corrected chi connectivity index (χ4v) is 5.50. The van der Waals surface area contributed by atoms with Crippen molar-refractivity contribution in [1.29, 1.82) is 0 Å². The van der Waals surface area contributed by atoms with E-state index in [9.17, 15) is 14.4 Å². The highest BCUT2D eigenvalue weighted by atomic mass is 32.1. The van der Waals surface area contributed by atoms with Gasteiger partial charge in [-0.2, -0.15) is 0 Å². The van der Waals surface area contributed by atoms with Gasteiger partial charge in [0, 0.05) is 51.8 Å². The molecule has 1 aliphatic rings. The fraction of sp³-hybridized carbons (Fsp3) is 0.571. The zero-order chi connectivity index (χ0) is 27.3. The molecule has 2 N–H and O–H groups in total. The summed E-state index contributed by atoms with van der Waals surface area (Å²) < 4.78 is 0. The summed E-state index contributed by atoms with van der Waals surface area (Å²) in [6.07, 6.45) is 6.36. The van der Waals surface area contributed by atoms with Gasteiger partial charge in [-0.3, -0.25) is 19.3 Å². The maximum atomic E-state index is 13.0. The molecule has 2 amide bonds. The van der Waals surface area contributed by atoms with Gasteiger partial charge in [-0.15, -0.1) is 0 Å². The van der Waals surface area contributed by atoms with Gasteiger partial charge in [-0.25, -0.2) is 4.98 Å². The first-order valence-corrected chi connectivity index (χ1v) is 14.5. The van der Waals surface area contributed by atoms with Crippen LogP contribution in [0, 0.1) is 0 Å². The van der Waals surface area contributed by atoms with Gasteiger partial charge in [0.05, 0.1) is 6.54 Å². The van der Waals surface area contributed by atoms with Gasteiger partial charge in [0.1, 0.15) is 10.7 Å². The minimum Gasteiger partial charge on any atom is -0.481 e. The summed E-state index contributed by atoms with van der Waals surface area (Å²) >= 11 is 1.37. The summed E-state index contributed by atoms with van der Waals surface area (Å²) in [4.78, 5) is 47.3. The minimum absolute atomic E-state index is 0.0557. The molecule has 9 nitrogen and oxygen atoms in total. The van der Waals surface area contributed by atoms with Crippen LogP contribution in [-0.4, -0.2) is 90.5 Å². The molecule has 2 aromatic rings. The first-order chi connectivity index (χ1) is 18.4. The van der Waals surface area contributed by atoms with Gasteiger partial charge in [0.2, 0.25) is 5.91 Å². The smallest absolute Gasteiger partial charge is 0.303 e. The number of nitrogens with one attached hydrogen (secondary N) is 1. The molecule has 1 aromatic heterocycles. The van der Waals surface area contributed by atoms with Gasteiger partial charge < -0.3 is 20.2 Å². The Morgan fingerprint density at radius 2 is 1.76 bits per heavy atom. The Balaban J connectivity index is 1.53. The SMILES string of the molecule is CCCCCCN(C)c1sc(C(=O)NCC(=O)N2CCN(CCCCC(=O)O)CC2)nc1-c1ccccc1. The molecule has 208 valence electrons. The van der Waals surface area contributed by atoms with Crippen LogP contribution in [0.25, 0.3) is 11.3 Å². The highest BCUT2D eigenvalue weighted by Gasteiger charge is 2.24. The van der Waals surface area contributed by atoms with Crippen LogP contribution >= 0.6 is 11.3 Å². The van der Waals surface area contributed by atoms with Crippen molar-refractivity contribution in [3.05, 3.63) is 35.3 Å². The Bertz CT molecular complexity index is 1040. The number of hydrogen-bond acceptors (Lipinski definition) is 7. The number of nitrogens with zero attached hydrogens (tertiary/aromatic N) is 4. The van der Waals surface area contributed by atoms with Crippen LogP contribution in [0.1, 0.15) is 61.7 Å². The molecule has 0 atom stereocenters. The van der Waals surface area contributed by atoms with Gasteiger partial charge in [0.15, 0.2) is 5.01 Å².